The van der Waals surface area contributed by atoms with E-state index in [0.717, 1.165) is 5.56 Å². The SMILES string of the molecule is [B]c1cncc(Nc2ccc(Cl)cc2F)c1C. The number of pyridine rings is 1. The number of nitrogens with one attached hydrogen (secondary N) is 1. The molecule has 2 radical (unpaired) electrons. The predicted octanol–water partition coefficient (Wildman–Crippen LogP) is 2.72. The highest BCUT2D eigenvalue weighted by Gasteiger charge is 2.06. The summed E-state index contributed by atoms with van der Waals surface area (Å²) in [7, 11) is 5.72. The molecule has 17 heavy (non-hydrogen) atoms. The third kappa shape index (κ3) is 2.58. The molecule has 0 atom stereocenters. The molecule has 5 heteroatoms. The van der Waals surface area contributed by atoms with Crippen LogP contribution in [0.15, 0.2) is 30.6 Å². The molecule has 0 saturated heterocycles. The van der Waals surface area contributed by atoms with Crippen molar-refractivity contribution in [3.63, 3.8) is 0 Å². The second-order valence-corrected chi connectivity index (χ2v) is 4.09. The lowest BCUT2D eigenvalue weighted by atomic mass is 9.93. The van der Waals surface area contributed by atoms with Crippen LogP contribution in [0.2, 0.25) is 5.02 Å². The number of halogens is 2. The average Bonchev–Trinajstić information content (AvgIpc) is 2.28. The fourth-order valence-corrected chi connectivity index (χ4v) is 1.56. The number of rotatable bonds is 2. The molecule has 0 aliphatic carbocycles. The van der Waals surface area contributed by atoms with Gasteiger partial charge in [0.25, 0.3) is 0 Å². The minimum absolute atomic E-state index is 0.338. The van der Waals surface area contributed by atoms with Crippen molar-refractivity contribution in [1.82, 2.24) is 4.98 Å². The lowest BCUT2D eigenvalue weighted by Crippen LogP contribution is -2.10. The number of benzene rings is 1. The number of nitrogens with zero attached hydrogens (tertiary/aromatic N) is 1. The van der Waals surface area contributed by atoms with Crippen molar-refractivity contribution in [2.75, 3.05) is 5.32 Å². The third-order valence-electron chi connectivity index (χ3n) is 2.45. The molecule has 0 saturated carbocycles. The first-order valence-corrected chi connectivity index (χ1v) is 5.38. The Balaban J connectivity index is 2.35. The number of hydrogen-bond acceptors (Lipinski definition) is 2. The van der Waals surface area contributed by atoms with Crippen molar-refractivity contribution in [2.45, 2.75) is 6.92 Å². The number of hydrogen-bond donors (Lipinski definition) is 1. The van der Waals surface area contributed by atoms with Gasteiger partial charge in [-0.25, -0.2) is 4.39 Å². The van der Waals surface area contributed by atoms with Gasteiger partial charge in [-0.2, -0.15) is 0 Å². The predicted molar refractivity (Wildman–Crippen MR) is 69.1 cm³/mol. The molecule has 0 aliphatic heterocycles. The van der Waals surface area contributed by atoms with Gasteiger partial charge in [0.05, 0.1) is 17.6 Å². The summed E-state index contributed by atoms with van der Waals surface area (Å²) in [6, 6.07) is 4.43. The second-order valence-electron chi connectivity index (χ2n) is 3.65. The molecule has 0 amide bonds. The molecule has 0 bridgehead atoms. The van der Waals surface area contributed by atoms with Crippen LogP contribution in [0.5, 0.6) is 0 Å². The van der Waals surface area contributed by atoms with Crippen molar-refractivity contribution >= 4 is 36.3 Å². The highest BCUT2D eigenvalue weighted by atomic mass is 35.5. The van der Waals surface area contributed by atoms with Gasteiger partial charge in [-0.05, 0) is 30.7 Å². The maximum atomic E-state index is 13.6. The molecular weight excluding hydrogens is 237 g/mol. The first-order valence-electron chi connectivity index (χ1n) is 5.00. The Morgan fingerprint density at radius 2 is 2.06 bits per heavy atom. The largest absolute Gasteiger partial charge is 0.352 e. The molecule has 0 unspecified atom stereocenters. The van der Waals surface area contributed by atoms with Crippen LogP contribution >= 0.6 is 11.6 Å². The van der Waals surface area contributed by atoms with Crippen LogP contribution in [0.4, 0.5) is 15.8 Å². The first kappa shape index (κ1) is 11.9. The quantitative estimate of drug-likeness (QED) is 0.824. The molecule has 0 spiro atoms. The van der Waals surface area contributed by atoms with E-state index < -0.39 is 5.82 Å². The highest BCUT2D eigenvalue weighted by molar-refractivity contribution is 6.33. The van der Waals surface area contributed by atoms with Gasteiger partial charge < -0.3 is 5.32 Å². The van der Waals surface area contributed by atoms with E-state index >= 15 is 0 Å². The smallest absolute Gasteiger partial charge is 0.148 e. The molecule has 1 aromatic heterocycles. The molecule has 2 rings (SSSR count). The summed E-state index contributed by atoms with van der Waals surface area (Å²) in [5, 5.41) is 3.29. The fourth-order valence-electron chi connectivity index (χ4n) is 1.40. The lowest BCUT2D eigenvalue weighted by Gasteiger charge is -2.11. The van der Waals surface area contributed by atoms with Crippen molar-refractivity contribution in [1.29, 1.82) is 0 Å². The normalized spacial score (nSPS) is 10.3. The van der Waals surface area contributed by atoms with Crippen LogP contribution in [0, 0.1) is 12.7 Å². The second kappa shape index (κ2) is 4.76. The molecule has 2 nitrogen and oxygen atoms in total. The summed E-state index contributed by atoms with van der Waals surface area (Å²) in [5.74, 6) is -0.417. The Morgan fingerprint density at radius 1 is 1.29 bits per heavy atom. The van der Waals surface area contributed by atoms with Crippen LogP contribution in [0.25, 0.3) is 0 Å². The van der Waals surface area contributed by atoms with E-state index in [1.807, 2.05) is 6.92 Å². The van der Waals surface area contributed by atoms with Gasteiger partial charge in [0.2, 0.25) is 0 Å². The van der Waals surface area contributed by atoms with Crippen molar-refractivity contribution in [3.8, 4) is 0 Å². The Hall–Kier alpha value is -1.55. The van der Waals surface area contributed by atoms with Crippen molar-refractivity contribution in [2.24, 2.45) is 0 Å². The van der Waals surface area contributed by atoms with Crippen LogP contribution in [-0.2, 0) is 0 Å². The van der Waals surface area contributed by atoms with E-state index in [9.17, 15) is 4.39 Å². The molecule has 1 N–H and O–H groups in total. The maximum absolute atomic E-state index is 13.6. The Kier molecular flexibility index (Phi) is 3.34. The van der Waals surface area contributed by atoms with E-state index in [-0.39, 0.29) is 0 Å². The molecular formula is C12H9BClFN2. The zero-order valence-corrected chi connectivity index (χ0v) is 9.92. The van der Waals surface area contributed by atoms with Crippen LogP contribution in [0.1, 0.15) is 5.56 Å². The monoisotopic (exact) mass is 246 g/mol. The molecule has 1 heterocycles. The van der Waals surface area contributed by atoms with Gasteiger partial charge in [-0.1, -0.05) is 17.1 Å². The summed E-state index contributed by atoms with van der Waals surface area (Å²) in [4.78, 5) is 3.95. The highest BCUT2D eigenvalue weighted by Crippen LogP contribution is 2.23. The molecule has 0 fully saturated rings. The van der Waals surface area contributed by atoms with Gasteiger partial charge >= 0.3 is 0 Å². The molecule has 1 aromatic carbocycles. The molecule has 2 aromatic rings. The van der Waals surface area contributed by atoms with Crippen LogP contribution in [0.3, 0.4) is 0 Å². The van der Waals surface area contributed by atoms with Gasteiger partial charge in [-0.3, -0.25) is 4.98 Å². The van der Waals surface area contributed by atoms with Gasteiger partial charge in [0.15, 0.2) is 0 Å². The number of anilines is 2. The number of aromatic nitrogens is 1. The zero-order valence-electron chi connectivity index (χ0n) is 9.17. The summed E-state index contributed by atoms with van der Waals surface area (Å²) in [5.41, 5.74) is 2.40. The average molecular weight is 246 g/mol. The topological polar surface area (TPSA) is 24.9 Å². The Labute approximate surface area is 105 Å². The summed E-state index contributed by atoms with van der Waals surface area (Å²) < 4.78 is 13.6. The van der Waals surface area contributed by atoms with Crippen LogP contribution < -0.4 is 10.8 Å². The van der Waals surface area contributed by atoms with E-state index in [2.05, 4.69) is 10.3 Å². The summed E-state index contributed by atoms with van der Waals surface area (Å²) in [6.07, 6.45) is 3.15. The fraction of sp³-hybridized carbons (Fsp3) is 0.0833. The third-order valence-corrected chi connectivity index (χ3v) is 2.69. The zero-order chi connectivity index (χ0) is 12.4. The van der Waals surface area contributed by atoms with Crippen molar-refractivity contribution in [3.05, 3.63) is 47.0 Å². The van der Waals surface area contributed by atoms with E-state index in [1.54, 1.807) is 24.5 Å². The van der Waals surface area contributed by atoms with Crippen LogP contribution in [-0.4, -0.2) is 12.8 Å². The van der Waals surface area contributed by atoms with Gasteiger partial charge in [-0.15, -0.1) is 0 Å². The van der Waals surface area contributed by atoms with Gasteiger partial charge in [0, 0.05) is 11.2 Å². The molecule has 84 valence electrons. The van der Waals surface area contributed by atoms with Crippen molar-refractivity contribution < 1.29 is 4.39 Å². The lowest BCUT2D eigenvalue weighted by molar-refractivity contribution is 0.632. The molecule has 0 aliphatic rings. The summed E-state index contributed by atoms with van der Waals surface area (Å²) >= 11 is 5.68. The Bertz CT molecular complexity index is 560. The standard InChI is InChI=1S/C12H9BClFN2/c1-7-9(13)5-16-6-12(7)17-11-3-2-8(14)4-10(11)15/h2-6,17H,1H3. The van der Waals surface area contributed by atoms with E-state index in [4.69, 9.17) is 19.4 Å². The minimum atomic E-state index is -0.417. The van der Waals surface area contributed by atoms with E-state index in [1.165, 1.54) is 6.07 Å². The maximum Gasteiger partial charge on any atom is 0.148 e. The van der Waals surface area contributed by atoms with E-state index in [0.29, 0.717) is 21.9 Å². The van der Waals surface area contributed by atoms with Gasteiger partial charge in [0.1, 0.15) is 13.7 Å². The first-order chi connectivity index (χ1) is 8.08. The summed E-state index contributed by atoms with van der Waals surface area (Å²) in [6.45, 7) is 1.84. The Morgan fingerprint density at radius 3 is 2.76 bits per heavy atom. The minimum Gasteiger partial charge on any atom is -0.352 e.